The Kier molecular flexibility index (Phi) is 10.8. The van der Waals surface area contributed by atoms with Gasteiger partial charge in [-0.25, -0.2) is 9.59 Å². The highest BCUT2D eigenvalue weighted by atomic mass is 32.1. The molecule has 39 heavy (non-hydrogen) atoms. The molecule has 1 atom stereocenters. The lowest BCUT2D eigenvalue weighted by atomic mass is 9.98. The highest BCUT2D eigenvalue weighted by Gasteiger charge is 2.24. The van der Waals surface area contributed by atoms with Gasteiger partial charge in [0.05, 0.1) is 12.6 Å². The molecule has 0 spiro atoms. The number of nitrogens with zero attached hydrogens (tertiary/aromatic N) is 1. The van der Waals surface area contributed by atoms with Gasteiger partial charge in [-0.1, -0.05) is 60.7 Å². The minimum atomic E-state index is -1.24. The van der Waals surface area contributed by atoms with Crippen LogP contribution in [-0.2, 0) is 9.53 Å². The van der Waals surface area contributed by atoms with Crippen molar-refractivity contribution in [3.8, 4) is 0 Å². The number of aliphatic carboxylic acids is 1. The average molecular weight is 551 g/mol. The minimum Gasteiger partial charge on any atom is -0.480 e. The molecule has 0 unspecified atom stereocenters. The number of amides is 2. The predicted molar refractivity (Wildman–Crippen MR) is 150 cm³/mol. The number of ether oxygens (including phenoxy) is 1. The zero-order valence-corrected chi connectivity index (χ0v) is 22.1. The number of hydrogen-bond donors (Lipinski definition) is 4. The molecule has 0 radical (unpaired) electrons. The molecule has 0 aliphatic carbocycles. The van der Waals surface area contributed by atoms with E-state index in [-0.39, 0.29) is 30.2 Å². The number of thiocarbonyl (C=S) groups is 1. The maximum Gasteiger partial charge on any atom is 0.413 e. The van der Waals surface area contributed by atoms with Crippen LogP contribution in [-0.4, -0.2) is 51.9 Å². The van der Waals surface area contributed by atoms with Crippen molar-refractivity contribution in [1.82, 2.24) is 20.5 Å². The SMILES string of the molecule is CCOC(=O)NC(=S)NCCC[C@H](NC(=O)c1cccn(C(c2ccccc2)c2ccccc2)c1=O)C(=O)O. The van der Waals surface area contributed by atoms with Gasteiger partial charge in [-0.05, 0) is 55.2 Å². The molecule has 0 saturated heterocycles. The third-order valence-electron chi connectivity index (χ3n) is 5.78. The smallest absolute Gasteiger partial charge is 0.413 e. The maximum atomic E-state index is 13.5. The largest absolute Gasteiger partial charge is 0.480 e. The molecule has 3 rings (SSSR count). The summed E-state index contributed by atoms with van der Waals surface area (Å²) in [6, 6.07) is 20.1. The summed E-state index contributed by atoms with van der Waals surface area (Å²) < 4.78 is 6.20. The minimum absolute atomic E-state index is 0.0422. The third-order valence-corrected chi connectivity index (χ3v) is 6.02. The van der Waals surface area contributed by atoms with E-state index in [1.165, 1.54) is 10.6 Å². The molecule has 3 aromatic rings. The zero-order valence-electron chi connectivity index (χ0n) is 21.3. The van der Waals surface area contributed by atoms with Crippen LogP contribution in [0.3, 0.4) is 0 Å². The molecule has 0 fully saturated rings. The number of aromatic nitrogens is 1. The molecule has 0 saturated carbocycles. The van der Waals surface area contributed by atoms with Crippen molar-refractivity contribution in [2.75, 3.05) is 13.2 Å². The van der Waals surface area contributed by atoms with Gasteiger partial charge < -0.3 is 25.0 Å². The van der Waals surface area contributed by atoms with Crippen LogP contribution in [0.25, 0.3) is 0 Å². The van der Waals surface area contributed by atoms with Gasteiger partial charge in [-0.3, -0.25) is 14.9 Å². The Bertz CT molecular complexity index is 1310. The molecule has 204 valence electrons. The van der Waals surface area contributed by atoms with Gasteiger partial charge >= 0.3 is 12.1 Å². The van der Waals surface area contributed by atoms with E-state index < -0.39 is 35.6 Å². The summed E-state index contributed by atoms with van der Waals surface area (Å²) in [5.41, 5.74) is 0.997. The van der Waals surface area contributed by atoms with E-state index in [1.54, 1.807) is 19.2 Å². The quantitative estimate of drug-likeness (QED) is 0.211. The number of carboxylic acid groups (broad SMARTS) is 1. The Morgan fingerprint density at radius 2 is 1.59 bits per heavy atom. The fourth-order valence-electron chi connectivity index (χ4n) is 3.98. The Balaban J connectivity index is 1.72. The summed E-state index contributed by atoms with van der Waals surface area (Å²) in [6.07, 6.45) is 1.29. The highest BCUT2D eigenvalue weighted by Crippen LogP contribution is 2.25. The predicted octanol–water partition coefficient (Wildman–Crippen LogP) is 3.07. The number of carbonyl (C=O) groups excluding carboxylic acids is 2. The van der Waals surface area contributed by atoms with Gasteiger partial charge in [0.1, 0.15) is 11.6 Å². The second-order valence-electron chi connectivity index (χ2n) is 8.47. The molecular weight excluding hydrogens is 520 g/mol. The molecule has 10 nitrogen and oxygen atoms in total. The number of pyridine rings is 1. The maximum absolute atomic E-state index is 13.5. The summed E-state index contributed by atoms with van der Waals surface area (Å²) in [5, 5.41) is 17.2. The second kappa shape index (κ2) is 14.4. The lowest BCUT2D eigenvalue weighted by Gasteiger charge is -2.22. The lowest BCUT2D eigenvalue weighted by molar-refractivity contribution is -0.139. The third kappa shape index (κ3) is 8.24. The fourth-order valence-corrected chi connectivity index (χ4v) is 4.16. The molecule has 0 aliphatic heterocycles. The number of rotatable bonds is 11. The van der Waals surface area contributed by atoms with E-state index in [9.17, 15) is 24.3 Å². The van der Waals surface area contributed by atoms with Gasteiger partial charge in [-0.15, -0.1) is 0 Å². The Hall–Kier alpha value is -4.51. The van der Waals surface area contributed by atoms with Crippen molar-refractivity contribution in [2.24, 2.45) is 0 Å². The van der Waals surface area contributed by atoms with Crippen molar-refractivity contribution in [2.45, 2.75) is 31.8 Å². The summed E-state index contributed by atoms with van der Waals surface area (Å²) in [6.45, 7) is 2.10. The second-order valence-corrected chi connectivity index (χ2v) is 8.87. The number of carbonyl (C=O) groups is 3. The van der Waals surface area contributed by atoms with Crippen molar-refractivity contribution < 1.29 is 24.2 Å². The van der Waals surface area contributed by atoms with Crippen LogP contribution >= 0.6 is 12.2 Å². The molecule has 1 aromatic heterocycles. The van der Waals surface area contributed by atoms with Gasteiger partial charge in [-0.2, -0.15) is 0 Å². The van der Waals surface area contributed by atoms with Gasteiger partial charge in [0, 0.05) is 12.7 Å². The Morgan fingerprint density at radius 3 is 2.15 bits per heavy atom. The number of alkyl carbamates (subject to hydrolysis) is 1. The summed E-state index contributed by atoms with van der Waals surface area (Å²) in [5.74, 6) is -2.02. The van der Waals surface area contributed by atoms with Gasteiger partial charge in [0.25, 0.3) is 11.5 Å². The molecule has 2 aromatic carbocycles. The first-order valence-electron chi connectivity index (χ1n) is 12.4. The number of hydrogen-bond acceptors (Lipinski definition) is 6. The normalized spacial score (nSPS) is 11.3. The highest BCUT2D eigenvalue weighted by molar-refractivity contribution is 7.80. The van der Waals surface area contributed by atoms with Crippen molar-refractivity contribution in [3.63, 3.8) is 0 Å². The molecule has 0 aliphatic rings. The first-order valence-corrected chi connectivity index (χ1v) is 12.8. The van der Waals surface area contributed by atoms with Crippen LogP contribution in [0.5, 0.6) is 0 Å². The summed E-state index contributed by atoms with van der Waals surface area (Å²) in [7, 11) is 0. The molecule has 4 N–H and O–H groups in total. The van der Waals surface area contributed by atoms with Crippen LogP contribution in [0.4, 0.5) is 4.79 Å². The van der Waals surface area contributed by atoms with Crippen LogP contribution < -0.4 is 21.5 Å². The molecule has 2 amide bonds. The Labute approximate surface area is 231 Å². The van der Waals surface area contributed by atoms with Crippen molar-refractivity contribution >= 4 is 35.3 Å². The lowest BCUT2D eigenvalue weighted by Crippen LogP contribution is -2.44. The molecule has 1 heterocycles. The molecule has 11 heteroatoms. The molecular formula is C28H30N4O6S. The zero-order chi connectivity index (χ0) is 28.2. The van der Waals surface area contributed by atoms with E-state index in [1.807, 2.05) is 60.7 Å². The van der Waals surface area contributed by atoms with E-state index in [0.29, 0.717) is 6.42 Å². The standard InChI is InChI=1S/C28H30N4O6S/c1-2-38-28(37)31-27(39)29-17-9-16-22(26(35)36)30-24(33)21-15-10-18-32(25(21)34)23(19-11-5-3-6-12-19)20-13-7-4-8-14-20/h3-8,10-15,18,22-23H,2,9,16-17H2,1H3,(H,30,33)(H,35,36)(H2,29,31,37,39)/t22-/m0/s1. The van der Waals surface area contributed by atoms with Crippen LogP contribution in [0.1, 0.15) is 47.3 Å². The summed E-state index contributed by atoms with van der Waals surface area (Å²) in [4.78, 5) is 49.8. The topological polar surface area (TPSA) is 139 Å². The average Bonchev–Trinajstić information content (AvgIpc) is 2.92. The first-order chi connectivity index (χ1) is 18.8. The van der Waals surface area contributed by atoms with Crippen molar-refractivity contribution in [3.05, 3.63) is 106 Å². The van der Waals surface area contributed by atoms with Gasteiger partial charge in [0.2, 0.25) is 0 Å². The van der Waals surface area contributed by atoms with E-state index >= 15 is 0 Å². The first kappa shape index (κ1) is 29.1. The van der Waals surface area contributed by atoms with E-state index in [4.69, 9.17) is 17.0 Å². The monoisotopic (exact) mass is 550 g/mol. The fraction of sp³-hybridized carbons (Fsp3) is 0.250. The number of benzene rings is 2. The Morgan fingerprint density at radius 1 is 0.974 bits per heavy atom. The number of carboxylic acids is 1. The van der Waals surface area contributed by atoms with Crippen LogP contribution in [0.15, 0.2) is 83.8 Å². The van der Waals surface area contributed by atoms with Crippen molar-refractivity contribution in [1.29, 1.82) is 0 Å². The summed E-state index contributed by atoms with van der Waals surface area (Å²) >= 11 is 4.98. The molecule has 0 bridgehead atoms. The van der Waals surface area contributed by atoms with Crippen LogP contribution in [0, 0.1) is 0 Å². The van der Waals surface area contributed by atoms with E-state index in [0.717, 1.165) is 11.1 Å². The van der Waals surface area contributed by atoms with Crippen LogP contribution in [0.2, 0.25) is 0 Å². The van der Waals surface area contributed by atoms with Gasteiger partial charge in [0.15, 0.2) is 5.11 Å². The van der Waals surface area contributed by atoms with E-state index in [2.05, 4.69) is 16.0 Å². The number of nitrogens with one attached hydrogen (secondary N) is 3.